The molecule has 1 aliphatic heterocycles. The van der Waals surface area contributed by atoms with E-state index in [-0.39, 0.29) is 24.4 Å². The van der Waals surface area contributed by atoms with Crippen molar-refractivity contribution in [2.24, 2.45) is 5.41 Å². The topological polar surface area (TPSA) is 41.1 Å². The SMILES string of the molecule is CC1NCCCC1NC(=O)C(C)(C)Cc1cccc(Cl)c1.Cl. The molecule has 124 valence electrons. The fraction of sp³-hybridized carbons (Fsp3) is 0.588. The molecule has 0 spiro atoms. The van der Waals surface area contributed by atoms with Gasteiger partial charge in [-0.3, -0.25) is 4.79 Å². The van der Waals surface area contributed by atoms with Crippen LogP contribution in [0.2, 0.25) is 5.02 Å². The lowest BCUT2D eigenvalue weighted by Crippen LogP contribution is -2.54. The van der Waals surface area contributed by atoms with Gasteiger partial charge in [-0.25, -0.2) is 0 Å². The molecule has 0 aromatic heterocycles. The lowest BCUT2D eigenvalue weighted by molar-refractivity contribution is -0.130. The quantitative estimate of drug-likeness (QED) is 0.876. The van der Waals surface area contributed by atoms with Crippen molar-refractivity contribution in [3.63, 3.8) is 0 Å². The van der Waals surface area contributed by atoms with Gasteiger partial charge in [-0.1, -0.05) is 37.6 Å². The van der Waals surface area contributed by atoms with E-state index in [9.17, 15) is 4.79 Å². The Kier molecular flexibility index (Phi) is 7.17. The number of carbonyl (C=O) groups is 1. The van der Waals surface area contributed by atoms with E-state index in [1.54, 1.807) is 0 Å². The molecule has 0 radical (unpaired) electrons. The molecule has 2 unspecified atom stereocenters. The molecule has 0 bridgehead atoms. The molecule has 22 heavy (non-hydrogen) atoms. The van der Waals surface area contributed by atoms with Crippen LogP contribution in [0.25, 0.3) is 0 Å². The monoisotopic (exact) mass is 344 g/mol. The fourth-order valence-electron chi connectivity index (χ4n) is 2.84. The van der Waals surface area contributed by atoms with Crippen LogP contribution < -0.4 is 10.6 Å². The third kappa shape index (κ3) is 5.15. The van der Waals surface area contributed by atoms with Gasteiger partial charge in [0, 0.05) is 22.5 Å². The van der Waals surface area contributed by atoms with Crippen molar-refractivity contribution >= 4 is 29.9 Å². The molecule has 2 rings (SSSR count). The fourth-order valence-corrected chi connectivity index (χ4v) is 3.06. The minimum atomic E-state index is -0.443. The van der Waals surface area contributed by atoms with Gasteiger partial charge in [0.15, 0.2) is 0 Å². The van der Waals surface area contributed by atoms with Crippen LogP contribution in [0.5, 0.6) is 0 Å². The zero-order valence-corrected chi connectivity index (χ0v) is 15.1. The number of rotatable bonds is 4. The third-order valence-corrected chi connectivity index (χ3v) is 4.46. The molecule has 1 heterocycles. The van der Waals surface area contributed by atoms with E-state index in [1.165, 1.54) is 0 Å². The average molecular weight is 345 g/mol. The van der Waals surface area contributed by atoms with Gasteiger partial charge in [0.1, 0.15) is 0 Å². The van der Waals surface area contributed by atoms with E-state index in [4.69, 9.17) is 11.6 Å². The second-order valence-electron chi connectivity index (χ2n) is 6.66. The smallest absolute Gasteiger partial charge is 0.226 e. The summed E-state index contributed by atoms with van der Waals surface area (Å²) in [6, 6.07) is 8.30. The molecule has 1 amide bonds. The normalized spacial score (nSPS) is 21.8. The molecule has 1 aromatic rings. The van der Waals surface area contributed by atoms with Gasteiger partial charge in [-0.2, -0.15) is 0 Å². The van der Waals surface area contributed by atoms with Crippen LogP contribution in [0.4, 0.5) is 0 Å². The predicted molar refractivity (Wildman–Crippen MR) is 94.8 cm³/mol. The zero-order valence-electron chi connectivity index (χ0n) is 13.5. The van der Waals surface area contributed by atoms with Gasteiger partial charge in [-0.15, -0.1) is 12.4 Å². The second kappa shape index (κ2) is 8.19. The summed E-state index contributed by atoms with van der Waals surface area (Å²) >= 11 is 6.02. The highest BCUT2D eigenvalue weighted by molar-refractivity contribution is 6.30. The lowest BCUT2D eigenvalue weighted by atomic mass is 9.84. The summed E-state index contributed by atoms with van der Waals surface area (Å²) < 4.78 is 0. The Labute approximate surface area is 144 Å². The van der Waals surface area contributed by atoms with Crippen LogP contribution in [-0.4, -0.2) is 24.5 Å². The molecule has 3 nitrogen and oxygen atoms in total. The molecule has 1 saturated heterocycles. The molecular formula is C17H26Cl2N2O. The highest BCUT2D eigenvalue weighted by atomic mass is 35.5. The van der Waals surface area contributed by atoms with E-state index in [2.05, 4.69) is 17.6 Å². The Morgan fingerprint density at radius 2 is 2.18 bits per heavy atom. The number of nitrogens with one attached hydrogen (secondary N) is 2. The van der Waals surface area contributed by atoms with Gasteiger partial charge < -0.3 is 10.6 Å². The molecule has 1 aromatic carbocycles. The summed E-state index contributed by atoms with van der Waals surface area (Å²) in [5, 5.41) is 7.34. The van der Waals surface area contributed by atoms with Crippen molar-refractivity contribution in [2.75, 3.05) is 6.54 Å². The maximum absolute atomic E-state index is 12.6. The van der Waals surface area contributed by atoms with Crippen molar-refractivity contribution in [3.8, 4) is 0 Å². The highest BCUT2D eigenvalue weighted by Gasteiger charge is 2.31. The first-order valence-corrected chi connectivity index (χ1v) is 8.05. The van der Waals surface area contributed by atoms with Crippen LogP contribution in [-0.2, 0) is 11.2 Å². The number of benzene rings is 1. The molecular weight excluding hydrogens is 319 g/mol. The number of carbonyl (C=O) groups excluding carboxylic acids is 1. The standard InChI is InChI=1S/C17H25ClN2O.ClH/c1-12-15(8-5-9-19-12)20-16(21)17(2,3)11-13-6-4-7-14(18)10-13;/h4,6-7,10,12,15,19H,5,8-9,11H2,1-3H3,(H,20,21);1H. The van der Waals surface area contributed by atoms with Crippen molar-refractivity contribution < 1.29 is 4.79 Å². The van der Waals surface area contributed by atoms with Crippen LogP contribution >= 0.6 is 24.0 Å². The Hall–Kier alpha value is -0.770. The number of amides is 1. The molecule has 2 N–H and O–H groups in total. The first kappa shape index (κ1) is 19.3. The lowest BCUT2D eigenvalue weighted by Gasteiger charge is -2.34. The molecule has 2 atom stereocenters. The van der Waals surface area contributed by atoms with Gasteiger partial charge in [0.05, 0.1) is 0 Å². The van der Waals surface area contributed by atoms with E-state index in [0.717, 1.165) is 24.9 Å². The first-order chi connectivity index (χ1) is 9.88. The van der Waals surface area contributed by atoms with Crippen LogP contribution in [0.3, 0.4) is 0 Å². The van der Waals surface area contributed by atoms with Gasteiger partial charge in [0.2, 0.25) is 5.91 Å². The van der Waals surface area contributed by atoms with Crippen molar-refractivity contribution in [1.82, 2.24) is 10.6 Å². The largest absolute Gasteiger partial charge is 0.351 e. The second-order valence-corrected chi connectivity index (χ2v) is 7.09. The molecule has 1 fully saturated rings. The first-order valence-electron chi connectivity index (χ1n) is 7.67. The Morgan fingerprint density at radius 1 is 1.45 bits per heavy atom. The minimum Gasteiger partial charge on any atom is -0.351 e. The summed E-state index contributed by atoms with van der Waals surface area (Å²) in [5.74, 6) is 0.114. The van der Waals surface area contributed by atoms with Gasteiger partial charge in [0.25, 0.3) is 0 Å². The number of piperidine rings is 1. The summed E-state index contributed by atoms with van der Waals surface area (Å²) in [4.78, 5) is 12.6. The van der Waals surface area contributed by atoms with E-state index < -0.39 is 5.41 Å². The van der Waals surface area contributed by atoms with Gasteiger partial charge >= 0.3 is 0 Å². The Bertz CT molecular complexity index is 505. The van der Waals surface area contributed by atoms with Crippen LogP contribution in [0.1, 0.15) is 39.2 Å². The third-order valence-electron chi connectivity index (χ3n) is 4.23. The maximum Gasteiger partial charge on any atom is 0.226 e. The molecule has 0 aliphatic carbocycles. The number of halogens is 2. The van der Waals surface area contributed by atoms with E-state index in [1.807, 2.05) is 38.1 Å². The number of hydrogen-bond donors (Lipinski definition) is 2. The van der Waals surface area contributed by atoms with Crippen molar-refractivity contribution in [3.05, 3.63) is 34.9 Å². The van der Waals surface area contributed by atoms with E-state index >= 15 is 0 Å². The predicted octanol–water partition coefficient (Wildman–Crippen LogP) is 3.59. The average Bonchev–Trinajstić information content (AvgIpc) is 2.40. The summed E-state index contributed by atoms with van der Waals surface area (Å²) in [5.41, 5.74) is 0.652. The van der Waals surface area contributed by atoms with Gasteiger partial charge in [-0.05, 0) is 50.4 Å². The summed E-state index contributed by atoms with van der Waals surface area (Å²) in [6.45, 7) is 7.15. The Morgan fingerprint density at radius 3 is 2.82 bits per heavy atom. The van der Waals surface area contributed by atoms with Crippen molar-refractivity contribution in [1.29, 1.82) is 0 Å². The van der Waals surface area contributed by atoms with Crippen LogP contribution in [0.15, 0.2) is 24.3 Å². The summed E-state index contributed by atoms with van der Waals surface area (Å²) in [7, 11) is 0. The van der Waals surface area contributed by atoms with Crippen molar-refractivity contribution in [2.45, 2.75) is 52.1 Å². The van der Waals surface area contributed by atoms with Crippen LogP contribution in [0, 0.1) is 5.41 Å². The highest BCUT2D eigenvalue weighted by Crippen LogP contribution is 2.24. The molecule has 0 saturated carbocycles. The zero-order chi connectivity index (χ0) is 15.5. The maximum atomic E-state index is 12.6. The molecule has 1 aliphatic rings. The molecule has 5 heteroatoms. The minimum absolute atomic E-state index is 0. The summed E-state index contributed by atoms with van der Waals surface area (Å²) in [6.07, 6.45) is 2.85. The number of hydrogen-bond acceptors (Lipinski definition) is 2. The Balaban J connectivity index is 0.00000242. The van der Waals surface area contributed by atoms with E-state index in [0.29, 0.717) is 17.5 Å².